The van der Waals surface area contributed by atoms with Gasteiger partial charge in [-0.2, -0.15) is 0 Å². The minimum absolute atomic E-state index is 0.0389. The van der Waals surface area contributed by atoms with Gasteiger partial charge < -0.3 is 14.2 Å². The molecule has 1 aromatic carbocycles. The number of hydrogen-bond acceptors (Lipinski definition) is 3. The summed E-state index contributed by atoms with van der Waals surface area (Å²) in [5, 5.41) is 0. The number of hydrogen-bond donors (Lipinski definition) is 0. The van der Waals surface area contributed by atoms with Crippen LogP contribution >= 0.6 is 0 Å². The van der Waals surface area contributed by atoms with Crippen molar-refractivity contribution in [2.75, 3.05) is 13.1 Å². The summed E-state index contributed by atoms with van der Waals surface area (Å²) in [6.45, 7) is 7.37. The standard InChI is InChI=1S/C25H35FN2O3/c1-4-7-9-21(6-3)25(30)27(15-5-2)19-24(29)28(18-23-10-8-16-31-23)17-20-11-13-22(26)14-12-20/h8,10-14,16,21H,4-7,9,15,17-19H2,1-3H3/t21-/m1/s1. The molecule has 0 aliphatic heterocycles. The van der Waals surface area contributed by atoms with E-state index in [1.165, 1.54) is 12.1 Å². The van der Waals surface area contributed by atoms with Gasteiger partial charge in [0.05, 0.1) is 19.4 Å². The zero-order valence-electron chi connectivity index (χ0n) is 19.0. The summed E-state index contributed by atoms with van der Waals surface area (Å²) in [6.07, 6.45) is 6.05. The lowest BCUT2D eigenvalue weighted by Crippen LogP contribution is -2.44. The van der Waals surface area contributed by atoms with Crippen LogP contribution in [0.4, 0.5) is 4.39 Å². The molecule has 0 aliphatic carbocycles. The Morgan fingerprint density at radius 3 is 2.32 bits per heavy atom. The van der Waals surface area contributed by atoms with E-state index in [0.717, 1.165) is 37.7 Å². The van der Waals surface area contributed by atoms with Crippen molar-refractivity contribution < 1.29 is 18.4 Å². The van der Waals surface area contributed by atoms with Crippen molar-refractivity contribution in [3.63, 3.8) is 0 Å². The lowest BCUT2D eigenvalue weighted by Gasteiger charge is -2.29. The maximum atomic E-state index is 13.3. The van der Waals surface area contributed by atoms with E-state index < -0.39 is 0 Å². The van der Waals surface area contributed by atoms with Crippen LogP contribution in [-0.2, 0) is 22.7 Å². The van der Waals surface area contributed by atoms with E-state index in [9.17, 15) is 14.0 Å². The van der Waals surface area contributed by atoms with Crippen molar-refractivity contribution in [3.8, 4) is 0 Å². The van der Waals surface area contributed by atoms with Gasteiger partial charge in [-0.3, -0.25) is 9.59 Å². The molecule has 0 fully saturated rings. The van der Waals surface area contributed by atoms with Crippen LogP contribution in [0.3, 0.4) is 0 Å². The molecule has 170 valence electrons. The van der Waals surface area contributed by atoms with E-state index in [0.29, 0.717) is 25.4 Å². The molecule has 2 amide bonds. The monoisotopic (exact) mass is 430 g/mol. The topological polar surface area (TPSA) is 53.8 Å². The second-order valence-electron chi connectivity index (χ2n) is 7.96. The van der Waals surface area contributed by atoms with Gasteiger partial charge in [0, 0.05) is 19.0 Å². The molecule has 2 aromatic rings. The fraction of sp³-hybridized carbons (Fsp3) is 0.520. The van der Waals surface area contributed by atoms with Crippen LogP contribution in [-0.4, -0.2) is 34.7 Å². The summed E-state index contributed by atoms with van der Waals surface area (Å²) >= 11 is 0. The first-order valence-corrected chi connectivity index (χ1v) is 11.3. The molecule has 6 heteroatoms. The average molecular weight is 431 g/mol. The molecule has 0 aliphatic rings. The van der Waals surface area contributed by atoms with Crippen LogP contribution in [0, 0.1) is 11.7 Å². The van der Waals surface area contributed by atoms with Crippen LogP contribution in [0.5, 0.6) is 0 Å². The molecule has 0 radical (unpaired) electrons. The average Bonchev–Trinajstić information content (AvgIpc) is 3.28. The summed E-state index contributed by atoms with van der Waals surface area (Å²) in [6, 6.07) is 9.71. The van der Waals surface area contributed by atoms with Crippen molar-refractivity contribution in [2.45, 2.75) is 66.0 Å². The molecule has 0 spiro atoms. The number of rotatable bonds is 13. The largest absolute Gasteiger partial charge is 0.467 e. The highest BCUT2D eigenvalue weighted by atomic mass is 19.1. The molecule has 0 bridgehead atoms. The number of benzene rings is 1. The van der Waals surface area contributed by atoms with Gasteiger partial charge >= 0.3 is 0 Å². The summed E-state index contributed by atoms with van der Waals surface area (Å²) in [5.41, 5.74) is 0.823. The molecular formula is C25H35FN2O3. The van der Waals surface area contributed by atoms with E-state index in [-0.39, 0.29) is 30.1 Å². The maximum Gasteiger partial charge on any atom is 0.242 e. The summed E-state index contributed by atoms with van der Waals surface area (Å²) < 4.78 is 18.7. The van der Waals surface area contributed by atoms with Gasteiger partial charge in [0.25, 0.3) is 0 Å². The molecule has 2 rings (SSSR count). The van der Waals surface area contributed by atoms with Crippen molar-refractivity contribution in [1.29, 1.82) is 0 Å². The third-order valence-electron chi connectivity index (χ3n) is 5.45. The smallest absolute Gasteiger partial charge is 0.242 e. The molecule has 31 heavy (non-hydrogen) atoms. The van der Waals surface area contributed by atoms with Gasteiger partial charge in [-0.05, 0) is 49.1 Å². The van der Waals surface area contributed by atoms with Gasteiger partial charge in [0.15, 0.2) is 0 Å². The van der Waals surface area contributed by atoms with Crippen molar-refractivity contribution >= 4 is 11.8 Å². The van der Waals surface area contributed by atoms with Crippen LogP contribution in [0.25, 0.3) is 0 Å². The number of carbonyl (C=O) groups is 2. The van der Waals surface area contributed by atoms with Gasteiger partial charge in [-0.1, -0.05) is 45.7 Å². The number of unbranched alkanes of at least 4 members (excludes halogenated alkanes) is 1. The second-order valence-corrected chi connectivity index (χ2v) is 7.96. The minimum Gasteiger partial charge on any atom is -0.467 e. The van der Waals surface area contributed by atoms with Crippen molar-refractivity contribution in [3.05, 3.63) is 59.8 Å². The first kappa shape index (κ1) is 24.6. The van der Waals surface area contributed by atoms with Crippen molar-refractivity contribution in [2.24, 2.45) is 5.92 Å². The highest BCUT2D eigenvalue weighted by Gasteiger charge is 2.26. The number of amides is 2. The van der Waals surface area contributed by atoms with Gasteiger partial charge in [-0.25, -0.2) is 4.39 Å². The SMILES string of the molecule is CCCC[C@@H](CC)C(=O)N(CCC)CC(=O)N(Cc1ccc(F)cc1)Cc1ccco1. The van der Waals surface area contributed by atoms with Gasteiger partial charge in [0.1, 0.15) is 11.6 Å². The Balaban J connectivity index is 2.15. The molecular weight excluding hydrogens is 395 g/mol. The predicted molar refractivity (Wildman–Crippen MR) is 120 cm³/mol. The number of nitrogens with zero attached hydrogens (tertiary/aromatic N) is 2. The maximum absolute atomic E-state index is 13.3. The zero-order valence-corrected chi connectivity index (χ0v) is 19.0. The second kappa shape index (κ2) is 12.9. The fourth-order valence-corrected chi connectivity index (χ4v) is 3.64. The van der Waals surface area contributed by atoms with Gasteiger partial charge in [0.2, 0.25) is 11.8 Å². The molecule has 0 saturated heterocycles. The van der Waals surface area contributed by atoms with Gasteiger partial charge in [-0.15, -0.1) is 0 Å². The lowest BCUT2D eigenvalue weighted by molar-refractivity contribution is -0.144. The van der Waals surface area contributed by atoms with Crippen molar-refractivity contribution in [1.82, 2.24) is 9.80 Å². The predicted octanol–water partition coefficient (Wildman–Crippen LogP) is 5.40. The molecule has 1 atom stereocenters. The first-order chi connectivity index (χ1) is 15.0. The summed E-state index contributed by atoms with van der Waals surface area (Å²) in [5.74, 6) is 0.219. The van der Waals surface area contributed by atoms with Crippen LogP contribution in [0.15, 0.2) is 47.1 Å². The number of halogens is 1. The Bertz CT molecular complexity index is 790. The first-order valence-electron chi connectivity index (χ1n) is 11.3. The van der Waals surface area contributed by atoms with E-state index >= 15 is 0 Å². The molecule has 1 aromatic heterocycles. The van der Waals surface area contributed by atoms with E-state index in [4.69, 9.17) is 4.42 Å². The number of furan rings is 1. The Kier molecular flexibility index (Phi) is 10.3. The minimum atomic E-state index is -0.315. The van der Waals surface area contributed by atoms with Crippen LogP contribution in [0.2, 0.25) is 0 Å². The highest BCUT2D eigenvalue weighted by molar-refractivity contribution is 5.86. The third kappa shape index (κ3) is 7.85. The summed E-state index contributed by atoms with van der Waals surface area (Å²) in [4.78, 5) is 29.8. The number of carbonyl (C=O) groups excluding carboxylic acids is 2. The fourth-order valence-electron chi connectivity index (χ4n) is 3.64. The zero-order chi connectivity index (χ0) is 22.6. The van der Waals surface area contributed by atoms with Crippen LogP contribution in [0.1, 0.15) is 64.2 Å². The van der Waals surface area contributed by atoms with E-state index in [2.05, 4.69) is 6.92 Å². The lowest BCUT2D eigenvalue weighted by atomic mass is 9.97. The Labute approximate surface area is 185 Å². The van der Waals surface area contributed by atoms with Crippen LogP contribution < -0.4 is 0 Å². The molecule has 0 saturated carbocycles. The van der Waals surface area contributed by atoms with E-state index in [1.54, 1.807) is 34.3 Å². The Morgan fingerprint density at radius 2 is 1.74 bits per heavy atom. The molecule has 1 heterocycles. The highest BCUT2D eigenvalue weighted by Crippen LogP contribution is 2.18. The molecule has 0 unspecified atom stereocenters. The quantitative estimate of drug-likeness (QED) is 0.427. The van der Waals surface area contributed by atoms with E-state index in [1.807, 2.05) is 19.9 Å². The normalized spacial score (nSPS) is 11.9. The Hall–Kier alpha value is -2.63. The summed E-state index contributed by atoms with van der Waals surface area (Å²) in [7, 11) is 0. The third-order valence-corrected chi connectivity index (χ3v) is 5.45. The Morgan fingerprint density at radius 1 is 1.00 bits per heavy atom. The molecule has 5 nitrogen and oxygen atoms in total. The molecule has 0 N–H and O–H groups in total.